The number of benzene rings is 2. The molecule has 118 valence electrons. The Morgan fingerprint density at radius 2 is 1.96 bits per heavy atom. The molecule has 2 unspecified atom stereocenters. The van der Waals surface area contributed by atoms with Gasteiger partial charge in [-0.05, 0) is 47.1 Å². The second-order valence-electron chi connectivity index (χ2n) is 6.93. The molecule has 0 saturated carbocycles. The molecule has 0 N–H and O–H groups in total. The SMILES string of the molecule is C1#CC2C(C=C1)c1ccc3c(c1-c1nc4ccccc4n12)=CCCC=3. The van der Waals surface area contributed by atoms with Crippen molar-refractivity contribution in [3.63, 3.8) is 0 Å². The molecule has 25 heavy (non-hydrogen) atoms. The van der Waals surface area contributed by atoms with Crippen molar-refractivity contribution in [3.05, 3.63) is 64.6 Å². The van der Waals surface area contributed by atoms with Crippen molar-refractivity contribution in [3.8, 4) is 23.2 Å². The van der Waals surface area contributed by atoms with Crippen LogP contribution in [-0.4, -0.2) is 9.55 Å². The van der Waals surface area contributed by atoms with Gasteiger partial charge in [0.25, 0.3) is 0 Å². The van der Waals surface area contributed by atoms with Crippen molar-refractivity contribution in [1.29, 1.82) is 0 Å². The van der Waals surface area contributed by atoms with Crippen LogP contribution in [0, 0.1) is 11.8 Å². The van der Waals surface area contributed by atoms with Crippen molar-refractivity contribution < 1.29 is 0 Å². The Morgan fingerprint density at radius 3 is 2.96 bits per heavy atom. The zero-order valence-electron chi connectivity index (χ0n) is 13.7. The number of imidazole rings is 1. The third kappa shape index (κ3) is 1.68. The Kier molecular flexibility index (Phi) is 2.51. The van der Waals surface area contributed by atoms with Crippen molar-refractivity contribution in [2.45, 2.75) is 24.8 Å². The summed E-state index contributed by atoms with van der Waals surface area (Å²) in [6.45, 7) is 0. The number of aromatic nitrogens is 2. The summed E-state index contributed by atoms with van der Waals surface area (Å²) in [6.07, 6.45) is 11.2. The maximum absolute atomic E-state index is 5.03. The molecule has 0 saturated heterocycles. The van der Waals surface area contributed by atoms with Crippen LogP contribution in [0.3, 0.4) is 0 Å². The highest BCUT2D eigenvalue weighted by Crippen LogP contribution is 2.44. The quantitative estimate of drug-likeness (QED) is 0.581. The van der Waals surface area contributed by atoms with Crippen LogP contribution in [0.4, 0.5) is 0 Å². The average Bonchev–Trinajstić information content (AvgIpc) is 3.07. The van der Waals surface area contributed by atoms with Gasteiger partial charge in [-0.25, -0.2) is 4.98 Å². The van der Waals surface area contributed by atoms with Crippen LogP contribution in [-0.2, 0) is 0 Å². The van der Waals surface area contributed by atoms with E-state index in [-0.39, 0.29) is 6.04 Å². The van der Waals surface area contributed by atoms with Crippen LogP contribution < -0.4 is 10.4 Å². The van der Waals surface area contributed by atoms with E-state index in [0.29, 0.717) is 5.92 Å². The number of rotatable bonds is 0. The van der Waals surface area contributed by atoms with E-state index in [1.54, 1.807) is 0 Å². The molecule has 2 aliphatic carbocycles. The van der Waals surface area contributed by atoms with Gasteiger partial charge in [-0.1, -0.05) is 54.3 Å². The lowest BCUT2D eigenvalue weighted by Crippen LogP contribution is -2.34. The first-order chi connectivity index (χ1) is 12.4. The summed E-state index contributed by atoms with van der Waals surface area (Å²) in [5.41, 5.74) is 4.90. The number of allylic oxidation sites excluding steroid dienone is 2. The van der Waals surface area contributed by atoms with E-state index >= 15 is 0 Å². The van der Waals surface area contributed by atoms with Crippen molar-refractivity contribution in [2.75, 3.05) is 0 Å². The number of fused-ring (bicyclic) bond motifs is 10. The first-order valence-corrected chi connectivity index (χ1v) is 8.90. The van der Waals surface area contributed by atoms with Gasteiger partial charge in [-0.15, -0.1) is 0 Å². The maximum atomic E-state index is 5.03. The predicted octanol–water partition coefficient (Wildman–Crippen LogP) is 3.27. The molecule has 2 nitrogen and oxygen atoms in total. The van der Waals surface area contributed by atoms with E-state index in [2.05, 4.69) is 71.0 Å². The summed E-state index contributed by atoms with van der Waals surface area (Å²) in [5.74, 6) is 7.99. The Bertz CT molecular complexity index is 1260. The molecule has 1 aliphatic heterocycles. The van der Waals surface area contributed by atoms with Gasteiger partial charge >= 0.3 is 0 Å². The van der Waals surface area contributed by atoms with Crippen LogP contribution in [0.15, 0.2) is 48.6 Å². The van der Waals surface area contributed by atoms with Gasteiger partial charge in [-0.2, -0.15) is 0 Å². The highest BCUT2D eigenvalue weighted by atomic mass is 15.1. The fourth-order valence-corrected chi connectivity index (χ4v) is 4.53. The molecule has 0 amide bonds. The Labute approximate surface area is 145 Å². The fraction of sp³-hybridized carbons (Fsp3) is 0.174. The maximum Gasteiger partial charge on any atom is 0.143 e. The lowest BCUT2D eigenvalue weighted by molar-refractivity contribution is 0.566. The zero-order chi connectivity index (χ0) is 16.4. The molecule has 2 heteroatoms. The topological polar surface area (TPSA) is 17.8 Å². The minimum atomic E-state index is 0.130. The van der Waals surface area contributed by atoms with Crippen molar-refractivity contribution >= 4 is 23.2 Å². The monoisotopic (exact) mass is 320 g/mol. The first-order valence-electron chi connectivity index (χ1n) is 8.90. The Morgan fingerprint density at radius 1 is 1.04 bits per heavy atom. The van der Waals surface area contributed by atoms with E-state index in [1.807, 2.05) is 6.08 Å². The van der Waals surface area contributed by atoms with Crippen LogP contribution in [0.25, 0.3) is 34.6 Å². The minimum Gasteiger partial charge on any atom is -0.308 e. The summed E-state index contributed by atoms with van der Waals surface area (Å²) in [6, 6.07) is 13.1. The van der Waals surface area contributed by atoms with E-state index in [1.165, 1.54) is 27.1 Å². The molecular formula is C23H16N2. The molecule has 6 rings (SSSR count). The normalized spacial score (nSPS) is 21.8. The molecule has 1 aromatic heterocycles. The molecule has 2 heterocycles. The highest BCUT2D eigenvalue weighted by Gasteiger charge is 2.34. The first kappa shape index (κ1) is 13.3. The minimum absolute atomic E-state index is 0.130. The van der Waals surface area contributed by atoms with E-state index in [4.69, 9.17) is 4.98 Å². The van der Waals surface area contributed by atoms with Crippen LogP contribution in [0.1, 0.15) is 30.4 Å². The van der Waals surface area contributed by atoms with Gasteiger partial charge in [0, 0.05) is 11.5 Å². The molecule has 0 radical (unpaired) electrons. The highest BCUT2D eigenvalue weighted by molar-refractivity contribution is 5.84. The second-order valence-corrected chi connectivity index (χ2v) is 6.93. The summed E-state index contributed by atoms with van der Waals surface area (Å²) >= 11 is 0. The second kappa shape index (κ2) is 4.74. The molecule has 0 spiro atoms. The lowest BCUT2D eigenvalue weighted by atomic mass is 9.81. The smallest absolute Gasteiger partial charge is 0.143 e. The predicted molar refractivity (Wildman–Crippen MR) is 101 cm³/mol. The molecule has 3 aliphatic rings. The molecule has 0 fully saturated rings. The van der Waals surface area contributed by atoms with Crippen molar-refractivity contribution in [2.24, 2.45) is 0 Å². The lowest BCUT2D eigenvalue weighted by Gasteiger charge is -2.32. The van der Waals surface area contributed by atoms with Crippen LogP contribution in [0.2, 0.25) is 0 Å². The summed E-state index contributed by atoms with van der Waals surface area (Å²) in [4.78, 5) is 5.03. The molecule has 0 bridgehead atoms. The number of hydrogen-bond acceptors (Lipinski definition) is 1. The molecule has 2 aromatic carbocycles. The Balaban J connectivity index is 1.83. The van der Waals surface area contributed by atoms with Crippen LogP contribution in [0.5, 0.6) is 0 Å². The standard InChI is InChI=1S/C23H16N2/c1-2-8-16-15(7-1)13-14-18-17-9-3-5-11-20(17)25-21-12-6-4-10-19(21)24-23(25)22(16)18/h3-4,6-10,12-14,17,20H,1-2H2. The largest absolute Gasteiger partial charge is 0.308 e. The van der Waals surface area contributed by atoms with Gasteiger partial charge in [0.1, 0.15) is 11.9 Å². The zero-order valence-corrected chi connectivity index (χ0v) is 13.7. The summed E-state index contributed by atoms with van der Waals surface area (Å²) in [7, 11) is 0. The van der Waals surface area contributed by atoms with E-state index in [0.717, 1.165) is 24.2 Å². The van der Waals surface area contributed by atoms with Gasteiger partial charge < -0.3 is 4.57 Å². The van der Waals surface area contributed by atoms with E-state index in [9.17, 15) is 0 Å². The molecule has 2 atom stereocenters. The van der Waals surface area contributed by atoms with Gasteiger partial charge in [0.15, 0.2) is 0 Å². The number of para-hydroxylation sites is 2. The van der Waals surface area contributed by atoms with Gasteiger partial charge in [0.05, 0.1) is 11.0 Å². The summed E-state index contributed by atoms with van der Waals surface area (Å²) < 4.78 is 2.36. The van der Waals surface area contributed by atoms with Crippen LogP contribution >= 0.6 is 0 Å². The van der Waals surface area contributed by atoms with Gasteiger partial charge in [0.2, 0.25) is 0 Å². The molecule has 3 aromatic rings. The third-order valence-corrected chi connectivity index (χ3v) is 5.61. The third-order valence-electron chi connectivity index (χ3n) is 5.61. The number of nitrogens with zero attached hydrogens (tertiary/aromatic N) is 2. The number of hydrogen-bond donors (Lipinski definition) is 0. The van der Waals surface area contributed by atoms with Gasteiger partial charge in [-0.3, -0.25) is 0 Å². The average molecular weight is 320 g/mol. The van der Waals surface area contributed by atoms with Crippen molar-refractivity contribution in [1.82, 2.24) is 9.55 Å². The molecular weight excluding hydrogens is 304 g/mol. The summed E-state index contributed by atoms with van der Waals surface area (Å²) in [5, 5.41) is 2.69. The Hall–Kier alpha value is -3.05. The van der Waals surface area contributed by atoms with E-state index < -0.39 is 0 Å². The fourth-order valence-electron chi connectivity index (χ4n) is 4.53.